The van der Waals surface area contributed by atoms with Crippen molar-refractivity contribution in [2.45, 2.75) is 58.0 Å². The summed E-state index contributed by atoms with van der Waals surface area (Å²) < 4.78 is 1.83. The molecule has 0 aliphatic carbocycles. The van der Waals surface area contributed by atoms with Gasteiger partial charge < -0.3 is 5.32 Å². The molecule has 0 amide bonds. The van der Waals surface area contributed by atoms with E-state index in [9.17, 15) is 4.79 Å². The highest BCUT2D eigenvalue weighted by molar-refractivity contribution is 5.94. The van der Waals surface area contributed by atoms with Crippen molar-refractivity contribution in [2.75, 3.05) is 6.54 Å². The van der Waals surface area contributed by atoms with Crippen molar-refractivity contribution in [2.24, 2.45) is 0 Å². The SMILES string of the molecule is CCCn1nccc1C(=O)CCC1CCCCN1. The van der Waals surface area contributed by atoms with E-state index >= 15 is 0 Å². The zero-order valence-electron chi connectivity index (χ0n) is 11.2. The lowest BCUT2D eigenvalue weighted by Gasteiger charge is -2.23. The Morgan fingerprint density at radius 1 is 1.56 bits per heavy atom. The minimum atomic E-state index is 0.230. The summed E-state index contributed by atoms with van der Waals surface area (Å²) in [5.41, 5.74) is 0.771. The zero-order valence-corrected chi connectivity index (χ0v) is 11.2. The molecule has 2 rings (SSSR count). The molecule has 1 aromatic heterocycles. The lowest BCUT2D eigenvalue weighted by Crippen LogP contribution is -2.34. The third-order valence-electron chi connectivity index (χ3n) is 3.57. The first-order valence-corrected chi connectivity index (χ1v) is 7.09. The fraction of sp³-hybridized carbons (Fsp3) is 0.714. The lowest BCUT2D eigenvalue weighted by atomic mass is 9.99. The van der Waals surface area contributed by atoms with Crippen molar-refractivity contribution in [1.29, 1.82) is 0 Å². The Hall–Kier alpha value is -1.16. The van der Waals surface area contributed by atoms with Gasteiger partial charge in [0.15, 0.2) is 5.78 Å². The number of piperidine rings is 1. The quantitative estimate of drug-likeness (QED) is 0.787. The second kappa shape index (κ2) is 6.69. The number of rotatable bonds is 6. The lowest BCUT2D eigenvalue weighted by molar-refractivity contribution is 0.0963. The van der Waals surface area contributed by atoms with Gasteiger partial charge in [-0.3, -0.25) is 9.48 Å². The van der Waals surface area contributed by atoms with Crippen LogP contribution in [0.1, 0.15) is 55.9 Å². The van der Waals surface area contributed by atoms with Crippen LogP contribution in [-0.2, 0) is 6.54 Å². The van der Waals surface area contributed by atoms with Crippen LogP contribution in [0.5, 0.6) is 0 Å². The molecule has 1 N–H and O–H groups in total. The molecule has 1 aliphatic heterocycles. The number of ketones is 1. The van der Waals surface area contributed by atoms with Gasteiger partial charge in [0.25, 0.3) is 0 Å². The van der Waals surface area contributed by atoms with Crippen molar-refractivity contribution in [3.8, 4) is 0 Å². The van der Waals surface area contributed by atoms with Gasteiger partial charge in [0.1, 0.15) is 5.69 Å². The fourth-order valence-electron chi connectivity index (χ4n) is 2.56. The van der Waals surface area contributed by atoms with Crippen molar-refractivity contribution in [3.05, 3.63) is 18.0 Å². The summed E-state index contributed by atoms with van der Waals surface area (Å²) in [5.74, 6) is 0.230. The average Bonchev–Trinajstić information content (AvgIpc) is 2.86. The molecule has 0 radical (unpaired) electrons. The van der Waals surface area contributed by atoms with Crippen LogP contribution in [0.15, 0.2) is 12.3 Å². The van der Waals surface area contributed by atoms with E-state index < -0.39 is 0 Å². The number of carbonyl (C=O) groups is 1. The van der Waals surface area contributed by atoms with Crippen LogP contribution < -0.4 is 5.32 Å². The Labute approximate surface area is 109 Å². The molecule has 1 fully saturated rings. The first-order chi connectivity index (χ1) is 8.81. The molecule has 1 unspecified atom stereocenters. The summed E-state index contributed by atoms with van der Waals surface area (Å²) >= 11 is 0. The monoisotopic (exact) mass is 249 g/mol. The van der Waals surface area contributed by atoms with E-state index in [-0.39, 0.29) is 5.78 Å². The maximum absolute atomic E-state index is 12.2. The largest absolute Gasteiger partial charge is 0.314 e. The smallest absolute Gasteiger partial charge is 0.180 e. The van der Waals surface area contributed by atoms with E-state index in [1.807, 2.05) is 10.7 Å². The number of aromatic nitrogens is 2. The Balaban J connectivity index is 1.84. The van der Waals surface area contributed by atoms with Crippen LogP contribution >= 0.6 is 0 Å². The van der Waals surface area contributed by atoms with Gasteiger partial charge >= 0.3 is 0 Å². The van der Waals surface area contributed by atoms with Crippen LogP contribution in [0.3, 0.4) is 0 Å². The number of aryl methyl sites for hydroxylation is 1. The molecular formula is C14H23N3O. The van der Waals surface area contributed by atoms with Gasteiger partial charge in [0, 0.05) is 25.2 Å². The molecule has 1 aromatic rings. The molecule has 0 spiro atoms. The van der Waals surface area contributed by atoms with Crippen LogP contribution in [0.25, 0.3) is 0 Å². The summed E-state index contributed by atoms with van der Waals surface area (Å²) in [7, 11) is 0. The number of hydrogen-bond donors (Lipinski definition) is 1. The van der Waals surface area contributed by atoms with E-state index in [0.717, 1.165) is 31.6 Å². The molecule has 1 aliphatic rings. The van der Waals surface area contributed by atoms with E-state index in [1.165, 1.54) is 19.3 Å². The highest BCUT2D eigenvalue weighted by Gasteiger charge is 2.16. The highest BCUT2D eigenvalue weighted by atomic mass is 16.1. The number of hydrogen-bond acceptors (Lipinski definition) is 3. The van der Waals surface area contributed by atoms with Crippen LogP contribution in [0.4, 0.5) is 0 Å². The standard InChI is InChI=1S/C14H23N3O/c1-2-11-17-13(8-10-16-17)14(18)7-6-12-5-3-4-9-15-12/h8,10,12,15H,2-7,9,11H2,1H3. The molecule has 0 aromatic carbocycles. The zero-order chi connectivity index (χ0) is 12.8. The van der Waals surface area contributed by atoms with Gasteiger partial charge in [-0.05, 0) is 38.3 Å². The molecule has 0 saturated carbocycles. The number of carbonyl (C=O) groups excluding carboxylic acids is 1. The third-order valence-corrected chi connectivity index (χ3v) is 3.57. The number of Topliss-reactive ketones (excluding diaryl/α,β-unsaturated/α-hetero) is 1. The fourth-order valence-corrected chi connectivity index (χ4v) is 2.56. The van der Waals surface area contributed by atoms with Crippen LogP contribution in [0.2, 0.25) is 0 Å². The topological polar surface area (TPSA) is 46.9 Å². The van der Waals surface area contributed by atoms with Gasteiger partial charge in [0.2, 0.25) is 0 Å². The minimum Gasteiger partial charge on any atom is -0.314 e. The molecule has 1 atom stereocenters. The summed E-state index contributed by atoms with van der Waals surface area (Å²) in [5, 5.41) is 7.69. The van der Waals surface area contributed by atoms with Crippen molar-refractivity contribution in [1.82, 2.24) is 15.1 Å². The maximum Gasteiger partial charge on any atom is 0.180 e. The summed E-state index contributed by atoms with van der Waals surface area (Å²) in [6, 6.07) is 2.37. The van der Waals surface area contributed by atoms with Gasteiger partial charge in [-0.25, -0.2) is 0 Å². The van der Waals surface area contributed by atoms with Crippen molar-refractivity contribution < 1.29 is 4.79 Å². The van der Waals surface area contributed by atoms with Crippen LogP contribution in [-0.4, -0.2) is 28.2 Å². The van der Waals surface area contributed by atoms with Gasteiger partial charge in [-0.15, -0.1) is 0 Å². The molecule has 18 heavy (non-hydrogen) atoms. The summed E-state index contributed by atoms with van der Waals surface area (Å²) in [6.07, 6.45) is 8.09. The van der Waals surface area contributed by atoms with E-state index in [0.29, 0.717) is 12.5 Å². The van der Waals surface area contributed by atoms with E-state index in [4.69, 9.17) is 0 Å². The second-order valence-corrected chi connectivity index (χ2v) is 5.05. The molecule has 0 bridgehead atoms. The second-order valence-electron chi connectivity index (χ2n) is 5.05. The van der Waals surface area contributed by atoms with Crippen LogP contribution in [0, 0.1) is 0 Å². The first-order valence-electron chi connectivity index (χ1n) is 7.09. The maximum atomic E-state index is 12.2. The van der Waals surface area contributed by atoms with Gasteiger partial charge in [-0.1, -0.05) is 13.3 Å². The highest BCUT2D eigenvalue weighted by Crippen LogP contribution is 2.14. The number of nitrogens with zero attached hydrogens (tertiary/aromatic N) is 2. The van der Waals surface area contributed by atoms with Crippen molar-refractivity contribution in [3.63, 3.8) is 0 Å². The molecular weight excluding hydrogens is 226 g/mol. The van der Waals surface area contributed by atoms with Crippen molar-refractivity contribution >= 4 is 5.78 Å². The third kappa shape index (κ3) is 3.42. The minimum absolute atomic E-state index is 0.230. The van der Waals surface area contributed by atoms with E-state index in [1.54, 1.807) is 6.20 Å². The van der Waals surface area contributed by atoms with Gasteiger partial charge in [0.05, 0.1) is 0 Å². The Morgan fingerprint density at radius 2 is 2.44 bits per heavy atom. The molecule has 2 heterocycles. The van der Waals surface area contributed by atoms with Gasteiger partial charge in [-0.2, -0.15) is 5.10 Å². The molecule has 100 valence electrons. The predicted octanol–water partition coefficient (Wildman–Crippen LogP) is 2.40. The molecule has 1 saturated heterocycles. The normalized spacial score (nSPS) is 19.9. The predicted molar refractivity (Wildman–Crippen MR) is 71.7 cm³/mol. The Morgan fingerprint density at radius 3 is 3.17 bits per heavy atom. The first kappa shape index (κ1) is 13.3. The Kier molecular flexibility index (Phi) is 4.93. The average molecular weight is 249 g/mol. The number of nitrogens with one attached hydrogen (secondary N) is 1. The molecule has 4 nitrogen and oxygen atoms in total. The molecule has 4 heteroatoms. The van der Waals surface area contributed by atoms with E-state index in [2.05, 4.69) is 17.3 Å². The summed E-state index contributed by atoms with van der Waals surface area (Å²) in [6.45, 7) is 4.03. The summed E-state index contributed by atoms with van der Waals surface area (Å²) in [4.78, 5) is 12.2. The Bertz CT molecular complexity index is 380.